The minimum atomic E-state index is -0.795. The normalized spacial score (nSPS) is 13.8. The number of carbonyl (C=O) groups is 2. The number of nitrogens with one attached hydrogen (secondary N) is 1. The number of aliphatic hydroxyl groups excluding tert-OH is 2. The standard InChI is InChI=1S/C52H93NO5/c1-4-7-10-13-16-18-20-22-24-25-27-29-31-33-36-39-42-45-52(57)58-48(43-40-37-34-15-12-9-6-3)46-51(56)53-49(47-54)50(55)44-41-38-35-32-30-28-26-23-21-19-17-14-11-8-5-2/h7,10,16,18,22,24,27,29,33,36,48-50,54-55H,4-6,8-9,11-15,17,19-21,23,25-26,28,30-32,34-35,37-47H2,1-3H3,(H,53,56)/b10-7-,18-16-,24-22-,29-27-,36-33-. The molecule has 0 aromatic heterocycles. The predicted molar refractivity (Wildman–Crippen MR) is 250 cm³/mol. The number of hydrogen-bond acceptors (Lipinski definition) is 5. The summed E-state index contributed by atoms with van der Waals surface area (Å²) in [6.07, 6.45) is 55.8. The van der Waals surface area contributed by atoms with Crippen molar-refractivity contribution in [3.05, 3.63) is 60.8 Å². The Bertz CT molecular complexity index is 1050. The summed E-state index contributed by atoms with van der Waals surface area (Å²) in [6, 6.07) is -0.711. The van der Waals surface area contributed by atoms with Crippen molar-refractivity contribution in [1.82, 2.24) is 5.32 Å². The van der Waals surface area contributed by atoms with E-state index in [-0.39, 0.29) is 24.9 Å². The summed E-state index contributed by atoms with van der Waals surface area (Å²) >= 11 is 0. The zero-order chi connectivity index (χ0) is 42.4. The van der Waals surface area contributed by atoms with Gasteiger partial charge in [0.1, 0.15) is 6.10 Å². The highest BCUT2D eigenvalue weighted by Gasteiger charge is 2.24. The number of aliphatic hydroxyl groups is 2. The lowest BCUT2D eigenvalue weighted by molar-refractivity contribution is -0.151. The van der Waals surface area contributed by atoms with Gasteiger partial charge in [-0.2, -0.15) is 0 Å². The maximum atomic E-state index is 13.1. The highest BCUT2D eigenvalue weighted by Crippen LogP contribution is 2.17. The predicted octanol–water partition coefficient (Wildman–Crippen LogP) is 14.5. The van der Waals surface area contributed by atoms with E-state index in [2.05, 4.69) is 86.8 Å². The molecule has 0 heterocycles. The fourth-order valence-electron chi connectivity index (χ4n) is 7.17. The van der Waals surface area contributed by atoms with Crippen LogP contribution in [-0.2, 0) is 14.3 Å². The molecule has 0 fully saturated rings. The van der Waals surface area contributed by atoms with Crippen LogP contribution in [0, 0.1) is 0 Å². The first kappa shape index (κ1) is 55.6. The lowest BCUT2D eigenvalue weighted by Gasteiger charge is -2.24. The van der Waals surface area contributed by atoms with Crippen LogP contribution in [0.1, 0.15) is 233 Å². The molecule has 3 N–H and O–H groups in total. The average Bonchev–Trinajstić information content (AvgIpc) is 3.21. The van der Waals surface area contributed by atoms with Crippen molar-refractivity contribution >= 4 is 11.9 Å². The number of rotatable bonds is 43. The van der Waals surface area contributed by atoms with E-state index in [1.54, 1.807) is 0 Å². The van der Waals surface area contributed by atoms with Gasteiger partial charge in [0.05, 0.1) is 25.2 Å². The van der Waals surface area contributed by atoms with Gasteiger partial charge in [0.2, 0.25) is 5.91 Å². The summed E-state index contributed by atoms with van der Waals surface area (Å²) in [5.74, 6) is -0.547. The van der Waals surface area contributed by atoms with Crippen LogP contribution < -0.4 is 5.32 Å². The fourth-order valence-corrected chi connectivity index (χ4v) is 7.17. The smallest absolute Gasteiger partial charge is 0.306 e. The molecule has 0 aliphatic carbocycles. The second-order valence-electron chi connectivity index (χ2n) is 16.5. The van der Waals surface area contributed by atoms with Gasteiger partial charge in [0.25, 0.3) is 0 Å². The molecule has 3 unspecified atom stereocenters. The molecule has 0 radical (unpaired) electrons. The number of ether oxygens (including phenoxy) is 1. The third-order valence-electron chi connectivity index (χ3n) is 10.9. The van der Waals surface area contributed by atoms with E-state index < -0.39 is 18.2 Å². The van der Waals surface area contributed by atoms with E-state index >= 15 is 0 Å². The van der Waals surface area contributed by atoms with Crippen molar-refractivity contribution in [2.45, 2.75) is 251 Å². The second kappa shape index (κ2) is 45.6. The quantitative estimate of drug-likeness (QED) is 0.0324. The fraction of sp³-hybridized carbons (Fsp3) is 0.769. The molecule has 0 saturated carbocycles. The Hall–Kier alpha value is -2.44. The van der Waals surface area contributed by atoms with Crippen LogP contribution in [0.3, 0.4) is 0 Å². The molecule has 0 aromatic carbocycles. The largest absolute Gasteiger partial charge is 0.462 e. The lowest BCUT2D eigenvalue weighted by atomic mass is 10.0. The molecule has 6 heteroatoms. The maximum absolute atomic E-state index is 13.1. The summed E-state index contributed by atoms with van der Waals surface area (Å²) < 4.78 is 5.86. The Morgan fingerprint density at radius 1 is 0.517 bits per heavy atom. The van der Waals surface area contributed by atoms with Crippen molar-refractivity contribution in [2.24, 2.45) is 0 Å². The third-order valence-corrected chi connectivity index (χ3v) is 10.9. The van der Waals surface area contributed by atoms with Gasteiger partial charge in [-0.25, -0.2) is 0 Å². The summed E-state index contributed by atoms with van der Waals surface area (Å²) in [5.41, 5.74) is 0. The zero-order valence-electron chi connectivity index (χ0n) is 38.2. The molecule has 0 bridgehead atoms. The molecule has 0 rings (SSSR count). The second-order valence-corrected chi connectivity index (χ2v) is 16.5. The van der Waals surface area contributed by atoms with Crippen LogP contribution in [-0.4, -0.2) is 46.9 Å². The Kier molecular flexibility index (Phi) is 43.7. The molecule has 0 aromatic rings. The number of amides is 1. The van der Waals surface area contributed by atoms with Gasteiger partial charge < -0.3 is 20.3 Å². The molecular formula is C52H93NO5. The first-order chi connectivity index (χ1) is 28.5. The minimum absolute atomic E-state index is 0.0541. The van der Waals surface area contributed by atoms with Gasteiger partial charge >= 0.3 is 5.97 Å². The van der Waals surface area contributed by atoms with Gasteiger partial charge in [-0.15, -0.1) is 0 Å². The van der Waals surface area contributed by atoms with Crippen LogP contribution in [0.4, 0.5) is 0 Å². The molecule has 58 heavy (non-hydrogen) atoms. The van der Waals surface area contributed by atoms with Crippen LogP contribution in [0.5, 0.6) is 0 Å². The van der Waals surface area contributed by atoms with Gasteiger partial charge in [0, 0.05) is 6.42 Å². The van der Waals surface area contributed by atoms with Crippen molar-refractivity contribution in [2.75, 3.05) is 6.61 Å². The van der Waals surface area contributed by atoms with Crippen molar-refractivity contribution in [3.63, 3.8) is 0 Å². The number of allylic oxidation sites excluding steroid dienone is 10. The van der Waals surface area contributed by atoms with E-state index in [1.165, 1.54) is 103 Å². The van der Waals surface area contributed by atoms with Crippen molar-refractivity contribution in [1.29, 1.82) is 0 Å². The molecule has 0 saturated heterocycles. The van der Waals surface area contributed by atoms with Gasteiger partial charge in [-0.3, -0.25) is 9.59 Å². The van der Waals surface area contributed by atoms with E-state index in [0.29, 0.717) is 25.7 Å². The minimum Gasteiger partial charge on any atom is -0.462 e. The number of hydrogen-bond donors (Lipinski definition) is 3. The molecule has 0 spiro atoms. The average molecular weight is 812 g/mol. The zero-order valence-corrected chi connectivity index (χ0v) is 38.2. The molecular weight excluding hydrogens is 719 g/mol. The lowest BCUT2D eigenvalue weighted by Crippen LogP contribution is -2.46. The SMILES string of the molecule is CC/C=C\C/C=C\C/C=C\C/C=C\C/C=C\CCCC(=O)OC(CCCCCCCCC)CC(=O)NC(CO)C(O)CCCCCCCCCCCCCCCCC. The Balaban J connectivity index is 4.47. The topological polar surface area (TPSA) is 95.9 Å². The van der Waals surface area contributed by atoms with Gasteiger partial charge in [0.15, 0.2) is 0 Å². The molecule has 0 aliphatic rings. The Morgan fingerprint density at radius 3 is 1.34 bits per heavy atom. The number of carbonyl (C=O) groups excluding carboxylic acids is 2. The molecule has 6 nitrogen and oxygen atoms in total. The maximum Gasteiger partial charge on any atom is 0.306 e. The van der Waals surface area contributed by atoms with Crippen molar-refractivity contribution in [3.8, 4) is 0 Å². The van der Waals surface area contributed by atoms with E-state index in [0.717, 1.165) is 77.0 Å². The van der Waals surface area contributed by atoms with Gasteiger partial charge in [-0.1, -0.05) is 216 Å². The Labute approximate surface area is 358 Å². The van der Waals surface area contributed by atoms with Crippen LogP contribution >= 0.6 is 0 Å². The molecule has 1 amide bonds. The van der Waals surface area contributed by atoms with E-state index in [4.69, 9.17) is 4.74 Å². The summed E-state index contributed by atoms with van der Waals surface area (Å²) in [5, 5.41) is 23.7. The Morgan fingerprint density at radius 2 is 0.914 bits per heavy atom. The summed E-state index contributed by atoms with van der Waals surface area (Å²) in [4.78, 5) is 25.9. The first-order valence-electron chi connectivity index (χ1n) is 24.5. The molecule has 0 aliphatic heterocycles. The van der Waals surface area contributed by atoms with Crippen molar-refractivity contribution < 1.29 is 24.5 Å². The monoisotopic (exact) mass is 812 g/mol. The third kappa shape index (κ3) is 40.3. The highest BCUT2D eigenvalue weighted by atomic mass is 16.5. The summed E-state index contributed by atoms with van der Waals surface area (Å²) in [7, 11) is 0. The van der Waals surface area contributed by atoms with Gasteiger partial charge in [-0.05, 0) is 64.2 Å². The highest BCUT2D eigenvalue weighted by molar-refractivity contribution is 5.77. The first-order valence-corrected chi connectivity index (χ1v) is 24.5. The van der Waals surface area contributed by atoms with Crippen LogP contribution in [0.2, 0.25) is 0 Å². The molecule has 336 valence electrons. The van der Waals surface area contributed by atoms with E-state index in [1.807, 2.05) is 0 Å². The number of esters is 1. The van der Waals surface area contributed by atoms with Crippen LogP contribution in [0.25, 0.3) is 0 Å². The van der Waals surface area contributed by atoms with E-state index in [9.17, 15) is 19.8 Å². The van der Waals surface area contributed by atoms with Crippen LogP contribution in [0.15, 0.2) is 60.8 Å². The molecule has 3 atom stereocenters. The number of unbranched alkanes of at least 4 members (excludes halogenated alkanes) is 21. The summed E-state index contributed by atoms with van der Waals surface area (Å²) in [6.45, 7) is 6.32.